The van der Waals surface area contributed by atoms with Gasteiger partial charge < -0.3 is 9.80 Å². The minimum Gasteiger partial charge on any atom is -0.329 e. The number of fused-ring (bicyclic) bond motifs is 2. The second-order valence-electron chi connectivity index (χ2n) is 10.4. The van der Waals surface area contributed by atoms with Crippen molar-refractivity contribution >= 4 is 28.5 Å². The number of rotatable bonds is 2. The van der Waals surface area contributed by atoms with Gasteiger partial charge in [0, 0.05) is 31.3 Å². The fourth-order valence-electron chi connectivity index (χ4n) is 5.93. The van der Waals surface area contributed by atoms with Gasteiger partial charge in [-0.1, -0.05) is 0 Å². The van der Waals surface area contributed by atoms with Crippen LogP contribution < -0.4 is 14.4 Å². The highest BCUT2D eigenvalue weighted by molar-refractivity contribution is 5.89. The first-order chi connectivity index (χ1) is 15.8. The van der Waals surface area contributed by atoms with Crippen molar-refractivity contribution in [2.24, 2.45) is 14.1 Å². The van der Waals surface area contributed by atoms with Gasteiger partial charge in [0.15, 0.2) is 11.0 Å². The number of aryl methyl sites for hydroxylation is 4. The van der Waals surface area contributed by atoms with Crippen molar-refractivity contribution in [2.45, 2.75) is 62.3 Å². The predicted octanol–water partition coefficient (Wildman–Crippen LogP) is 6.30. The van der Waals surface area contributed by atoms with Crippen LogP contribution in [0.25, 0.3) is 17.1 Å². The van der Waals surface area contributed by atoms with Gasteiger partial charge in [0.05, 0.1) is 25.5 Å². The first-order valence-corrected chi connectivity index (χ1v) is 12.2. The molecule has 0 saturated carbocycles. The van der Waals surface area contributed by atoms with Crippen molar-refractivity contribution in [3.63, 3.8) is 0 Å². The highest BCUT2D eigenvalue weighted by atomic mass is 15.4. The fourth-order valence-corrected chi connectivity index (χ4v) is 5.93. The van der Waals surface area contributed by atoms with Crippen LogP contribution in [0.2, 0.25) is 0 Å². The molecule has 180 valence electrons. The van der Waals surface area contributed by atoms with Crippen LogP contribution in [0.15, 0.2) is 17.5 Å². The van der Waals surface area contributed by atoms with Crippen molar-refractivity contribution in [3.8, 4) is 0 Å². The molecule has 0 aliphatic carbocycles. The summed E-state index contributed by atoms with van der Waals surface area (Å²) in [6.07, 6.45) is 4.63. The van der Waals surface area contributed by atoms with E-state index in [1.807, 2.05) is 0 Å². The average Bonchev–Trinajstić information content (AvgIpc) is 3.18. The SMILES string of the molecule is CC(=Cc1n(C)c2c(C)c(C)c(C)c(C)c2[n+]1C)C=C1N(C)c2c(C)c(C)c(C)c(C)c2N1C. The van der Waals surface area contributed by atoms with Gasteiger partial charge in [-0.2, -0.15) is 0 Å². The number of hydrogen-bond donors (Lipinski definition) is 0. The molecule has 3 aromatic rings. The molecule has 4 rings (SSSR count). The summed E-state index contributed by atoms with van der Waals surface area (Å²) in [5.41, 5.74) is 17.6. The molecule has 2 aromatic carbocycles. The maximum absolute atomic E-state index is 2.35. The van der Waals surface area contributed by atoms with Crippen LogP contribution in [0.4, 0.5) is 11.4 Å². The third-order valence-corrected chi connectivity index (χ3v) is 8.67. The molecule has 2 heterocycles. The standard InChI is InChI=1S/C30H41N4/c1-16(14-25-31(10)27-21(6)17(2)18(3)22(7)28(27)32(25)11)15-26-33(12)29-23(8)19(4)20(5)24(9)30(29)34(26)13/h14-15H,1-13H3/q+1. The highest BCUT2D eigenvalue weighted by Gasteiger charge is 2.31. The van der Waals surface area contributed by atoms with Gasteiger partial charge in [-0.15, -0.1) is 0 Å². The van der Waals surface area contributed by atoms with Gasteiger partial charge in [0.2, 0.25) is 0 Å². The molecule has 1 aromatic heterocycles. The zero-order valence-electron chi connectivity index (χ0n) is 23.4. The maximum Gasteiger partial charge on any atom is 0.282 e. The molecule has 0 radical (unpaired) electrons. The third-order valence-electron chi connectivity index (χ3n) is 8.67. The lowest BCUT2D eigenvalue weighted by Gasteiger charge is -2.19. The van der Waals surface area contributed by atoms with E-state index in [0.717, 1.165) is 0 Å². The Morgan fingerprint density at radius 3 is 1.59 bits per heavy atom. The van der Waals surface area contributed by atoms with Crippen LogP contribution in [0.5, 0.6) is 0 Å². The summed E-state index contributed by atoms with van der Waals surface area (Å²) < 4.78 is 4.70. The van der Waals surface area contributed by atoms with Crippen LogP contribution in [0.3, 0.4) is 0 Å². The quantitative estimate of drug-likeness (QED) is 0.420. The Balaban J connectivity index is 1.87. The Kier molecular flexibility index (Phi) is 5.70. The Morgan fingerprint density at radius 2 is 1.09 bits per heavy atom. The number of nitrogens with zero attached hydrogens (tertiary/aromatic N) is 4. The van der Waals surface area contributed by atoms with Crippen LogP contribution in [0.1, 0.15) is 57.3 Å². The largest absolute Gasteiger partial charge is 0.329 e. The van der Waals surface area contributed by atoms with E-state index < -0.39 is 0 Å². The minimum absolute atomic E-state index is 1.21. The van der Waals surface area contributed by atoms with Crippen molar-refractivity contribution in [2.75, 3.05) is 23.9 Å². The summed E-state index contributed by atoms with van der Waals surface area (Å²) in [6.45, 7) is 20.2. The second-order valence-corrected chi connectivity index (χ2v) is 10.4. The third kappa shape index (κ3) is 3.14. The lowest BCUT2D eigenvalue weighted by atomic mass is 9.95. The van der Waals surface area contributed by atoms with Crippen molar-refractivity contribution < 1.29 is 4.57 Å². The lowest BCUT2D eigenvalue weighted by Crippen LogP contribution is -2.31. The number of aromatic nitrogens is 2. The van der Waals surface area contributed by atoms with E-state index in [1.54, 1.807) is 0 Å². The molecule has 0 unspecified atom stereocenters. The van der Waals surface area contributed by atoms with E-state index in [4.69, 9.17) is 0 Å². The highest BCUT2D eigenvalue weighted by Crippen LogP contribution is 2.47. The first kappa shape index (κ1) is 24.1. The second kappa shape index (κ2) is 8.04. The van der Waals surface area contributed by atoms with Gasteiger partial charge in [-0.25, -0.2) is 9.13 Å². The molecule has 4 heteroatoms. The van der Waals surface area contributed by atoms with E-state index >= 15 is 0 Å². The number of anilines is 2. The lowest BCUT2D eigenvalue weighted by molar-refractivity contribution is -0.647. The molecule has 34 heavy (non-hydrogen) atoms. The Hall–Kier alpha value is -3.01. The van der Waals surface area contributed by atoms with Crippen molar-refractivity contribution in [1.82, 2.24) is 4.57 Å². The van der Waals surface area contributed by atoms with Gasteiger partial charge >= 0.3 is 0 Å². The molecule has 4 nitrogen and oxygen atoms in total. The molecule has 0 spiro atoms. The monoisotopic (exact) mass is 457 g/mol. The summed E-state index contributed by atoms with van der Waals surface area (Å²) in [5.74, 6) is 2.42. The topological polar surface area (TPSA) is 15.3 Å². The Bertz CT molecular complexity index is 1340. The van der Waals surface area contributed by atoms with Crippen LogP contribution >= 0.6 is 0 Å². The first-order valence-electron chi connectivity index (χ1n) is 12.2. The number of imidazole rings is 1. The molecular weight excluding hydrogens is 416 g/mol. The number of hydrogen-bond acceptors (Lipinski definition) is 2. The maximum atomic E-state index is 2.35. The van der Waals surface area contributed by atoms with Crippen LogP contribution in [-0.4, -0.2) is 18.7 Å². The summed E-state index contributed by atoms with van der Waals surface area (Å²) >= 11 is 0. The van der Waals surface area contributed by atoms with Crippen LogP contribution in [-0.2, 0) is 14.1 Å². The minimum atomic E-state index is 1.21. The summed E-state index contributed by atoms with van der Waals surface area (Å²) in [4.78, 5) is 4.70. The van der Waals surface area contributed by atoms with Gasteiger partial charge in [0.1, 0.15) is 5.82 Å². The molecule has 0 N–H and O–H groups in total. The molecule has 0 bridgehead atoms. The predicted molar refractivity (Wildman–Crippen MR) is 147 cm³/mol. The smallest absolute Gasteiger partial charge is 0.282 e. The van der Waals surface area contributed by atoms with Gasteiger partial charge in [0.25, 0.3) is 5.82 Å². The fraction of sp³-hybridized carbons (Fsp3) is 0.433. The van der Waals surface area contributed by atoms with E-state index in [0.29, 0.717) is 0 Å². The number of allylic oxidation sites excluding steroid dienone is 2. The Labute approximate surface area is 205 Å². The molecule has 0 amide bonds. The average molecular weight is 458 g/mol. The van der Waals surface area contributed by atoms with Crippen molar-refractivity contribution in [3.05, 3.63) is 67.8 Å². The van der Waals surface area contributed by atoms with E-state index in [2.05, 4.69) is 122 Å². The van der Waals surface area contributed by atoms with E-state index in [1.165, 1.54) is 84.1 Å². The molecule has 1 aliphatic heterocycles. The van der Waals surface area contributed by atoms with E-state index in [9.17, 15) is 0 Å². The van der Waals surface area contributed by atoms with Crippen molar-refractivity contribution in [1.29, 1.82) is 0 Å². The van der Waals surface area contributed by atoms with Gasteiger partial charge in [-0.05, 0) is 107 Å². The Morgan fingerprint density at radius 1 is 0.647 bits per heavy atom. The van der Waals surface area contributed by atoms with Gasteiger partial charge in [-0.3, -0.25) is 0 Å². The molecule has 0 fully saturated rings. The number of benzene rings is 2. The van der Waals surface area contributed by atoms with E-state index in [-0.39, 0.29) is 0 Å². The zero-order chi connectivity index (χ0) is 25.4. The van der Waals surface area contributed by atoms with Crippen LogP contribution in [0, 0.1) is 55.4 Å². The summed E-state index contributed by atoms with van der Waals surface area (Å²) in [5, 5.41) is 0. The summed E-state index contributed by atoms with van der Waals surface area (Å²) in [7, 11) is 8.77. The molecule has 0 atom stereocenters. The molecule has 0 saturated heterocycles. The zero-order valence-corrected chi connectivity index (χ0v) is 23.4. The summed E-state index contributed by atoms with van der Waals surface area (Å²) in [6, 6.07) is 0. The normalized spacial score (nSPS) is 14.0. The molecule has 1 aliphatic rings. The molecular formula is C30H41N4+.